The molecular weight excluding hydrogens is 202 g/mol. The lowest BCUT2D eigenvalue weighted by Gasteiger charge is -2.23. The molecule has 1 saturated heterocycles. The van der Waals surface area contributed by atoms with Gasteiger partial charge in [-0.3, -0.25) is 4.79 Å². The van der Waals surface area contributed by atoms with Gasteiger partial charge in [-0.1, -0.05) is 13.8 Å². The average molecular weight is 227 g/mol. The molecule has 0 bridgehead atoms. The Bertz CT molecular complexity index is 224. The highest BCUT2D eigenvalue weighted by atomic mass is 16.2. The Kier molecular flexibility index (Phi) is 5.22. The van der Waals surface area contributed by atoms with Crippen LogP contribution in [0.1, 0.15) is 33.6 Å². The summed E-state index contributed by atoms with van der Waals surface area (Å²) in [7, 11) is 0. The lowest BCUT2D eigenvalue weighted by atomic mass is 10.0. The fourth-order valence-corrected chi connectivity index (χ4v) is 2.04. The van der Waals surface area contributed by atoms with Crippen LogP contribution in [0.25, 0.3) is 0 Å². The van der Waals surface area contributed by atoms with Crippen LogP contribution in [0, 0.1) is 5.92 Å². The summed E-state index contributed by atoms with van der Waals surface area (Å²) >= 11 is 0. The molecule has 0 spiro atoms. The van der Waals surface area contributed by atoms with Gasteiger partial charge in [-0.25, -0.2) is 0 Å². The third kappa shape index (κ3) is 4.10. The van der Waals surface area contributed by atoms with Gasteiger partial charge in [0.15, 0.2) is 0 Å². The number of hydrogen-bond acceptors (Lipinski definition) is 3. The van der Waals surface area contributed by atoms with E-state index >= 15 is 0 Å². The quantitative estimate of drug-likeness (QED) is 0.722. The number of carbonyl (C=O) groups is 1. The smallest absolute Gasteiger partial charge is 0.237 e. The van der Waals surface area contributed by atoms with Crippen molar-refractivity contribution in [2.24, 2.45) is 11.7 Å². The number of hydrogen-bond donors (Lipinski definition) is 2. The van der Waals surface area contributed by atoms with Gasteiger partial charge in [-0.05, 0) is 38.8 Å². The summed E-state index contributed by atoms with van der Waals surface area (Å²) in [5.74, 6) is 0.167. The lowest BCUT2D eigenvalue weighted by Crippen LogP contribution is -2.49. The summed E-state index contributed by atoms with van der Waals surface area (Å²) in [5, 5.41) is 2.98. The van der Waals surface area contributed by atoms with E-state index in [1.165, 1.54) is 12.8 Å². The number of likely N-dealkylation sites (tertiary alicyclic amines) is 1. The maximum atomic E-state index is 11.7. The molecule has 4 nitrogen and oxygen atoms in total. The first-order valence-electron chi connectivity index (χ1n) is 6.29. The maximum Gasteiger partial charge on any atom is 0.237 e. The second-order valence-corrected chi connectivity index (χ2v) is 5.19. The highest BCUT2D eigenvalue weighted by Crippen LogP contribution is 2.07. The normalized spacial score (nSPS) is 21.1. The van der Waals surface area contributed by atoms with E-state index in [2.05, 4.69) is 10.2 Å². The van der Waals surface area contributed by atoms with E-state index in [1.54, 1.807) is 0 Å². The molecule has 1 heterocycles. The molecule has 0 aliphatic carbocycles. The number of nitrogens with one attached hydrogen (secondary N) is 1. The molecule has 0 saturated carbocycles. The van der Waals surface area contributed by atoms with E-state index in [9.17, 15) is 4.79 Å². The molecule has 4 heteroatoms. The molecular formula is C12H25N3O. The van der Waals surface area contributed by atoms with E-state index in [-0.39, 0.29) is 23.9 Å². The van der Waals surface area contributed by atoms with Crippen molar-refractivity contribution in [3.8, 4) is 0 Å². The van der Waals surface area contributed by atoms with Crippen LogP contribution in [0.15, 0.2) is 0 Å². The Morgan fingerprint density at radius 1 is 1.31 bits per heavy atom. The molecule has 3 N–H and O–H groups in total. The molecule has 0 radical (unpaired) electrons. The Hall–Kier alpha value is -0.610. The zero-order valence-corrected chi connectivity index (χ0v) is 10.7. The van der Waals surface area contributed by atoms with Gasteiger partial charge in [-0.15, -0.1) is 0 Å². The largest absolute Gasteiger partial charge is 0.351 e. The van der Waals surface area contributed by atoms with Gasteiger partial charge in [0.05, 0.1) is 6.04 Å². The molecule has 1 amide bonds. The second-order valence-electron chi connectivity index (χ2n) is 5.19. The molecule has 1 fully saturated rings. The summed E-state index contributed by atoms with van der Waals surface area (Å²) < 4.78 is 0. The van der Waals surface area contributed by atoms with Crippen LogP contribution in [-0.4, -0.2) is 42.5 Å². The zero-order valence-electron chi connectivity index (χ0n) is 10.7. The Morgan fingerprint density at radius 3 is 2.38 bits per heavy atom. The van der Waals surface area contributed by atoms with Gasteiger partial charge < -0.3 is 16.0 Å². The van der Waals surface area contributed by atoms with Gasteiger partial charge in [-0.2, -0.15) is 0 Å². The molecule has 1 aliphatic rings. The lowest BCUT2D eigenvalue weighted by molar-refractivity contribution is -0.123. The summed E-state index contributed by atoms with van der Waals surface area (Å²) in [6, 6.07) is -0.198. The molecule has 0 aromatic heterocycles. The van der Waals surface area contributed by atoms with Crippen molar-refractivity contribution in [3.05, 3.63) is 0 Å². The van der Waals surface area contributed by atoms with Gasteiger partial charge in [0, 0.05) is 12.6 Å². The first kappa shape index (κ1) is 13.5. The number of nitrogens with zero attached hydrogens (tertiary/aromatic N) is 1. The number of rotatable bonds is 5. The van der Waals surface area contributed by atoms with Gasteiger partial charge >= 0.3 is 0 Å². The number of nitrogens with two attached hydrogens (primary N) is 1. The van der Waals surface area contributed by atoms with E-state index in [0.717, 1.165) is 19.6 Å². The molecule has 94 valence electrons. The predicted molar refractivity (Wildman–Crippen MR) is 66.1 cm³/mol. The van der Waals surface area contributed by atoms with Crippen molar-refractivity contribution in [1.29, 1.82) is 0 Å². The van der Waals surface area contributed by atoms with E-state index in [4.69, 9.17) is 5.73 Å². The summed E-state index contributed by atoms with van der Waals surface area (Å²) in [6.07, 6.45) is 2.57. The van der Waals surface area contributed by atoms with Crippen molar-refractivity contribution in [2.45, 2.75) is 45.7 Å². The van der Waals surface area contributed by atoms with Crippen LogP contribution < -0.4 is 11.1 Å². The number of carbonyl (C=O) groups excluding carboxylic acids is 1. The third-order valence-electron chi connectivity index (χ3n) is 3.14. The molecule has 1 unspecified atom stereocenters. The monoisotopic (exact) mass is 227 g/mol. The minimum absolute atomic E-state index is 0.0262. The zero-order chi connectivity index (χ0) is 12.1. The van der Waals surface area contributed by atoms with Crippen LogP contribution in [0.3, 0.4) is 0 Å². The first-order chi connectivity index (χ1) is 7.50. The van der Waals surface area contributed by atoms with Gasteiger partial charge in [0.2, 0.25) is 5.91 Å². The fourth-order valence-electron chi connectivity index (χ4n) is 2.04. The van der Waals surface area contributed by atoms with Gasteiger partial charge in [0.25, 0.3) is 0 Å². The van der Waals surface area contributed by atoms with Crippen LogP contribution >= 0.6 is 0 Å². The molecule has 1 aliphatic heterocycles. The van der Waals surface area contributed by atoms with Crippen molar-refractivity contribution in [3.63, 3.8) is 0 Å². The summed E-state index contributed by atoms with van der Waals surface area (Å²) in [5.41, 5.74) is 5.79. The SMILES string of the molecule is CC(CN1CCCC1)NC(=O)[C@H](N)C(C)C. The summed E-state index contributed by atoms with van der Waals surface area (Å²) in [6.45, 7) is 9.25. The molecule has 2 atom stereocenters. The van der Waals surface area contributed by atoms with Crippen LogP contribution in [0.4, 0.5) is 0 Å². The highest BCUT2D eigenvalue weighted by molar-refractivity contribution is 5.81. The minimum atomic E-state index is -0.388. The van der Waals surface area contributed by atoms with Crippen molar-refractivity contribution >= 4 is 5.91 Å². The van der Waals surface area contributed by atoms with Crippen molar-refractivity contribution in [2.75, 3.05) is 19.6 Å². The van der Waals surface area contributed by atoms with E-state index < -0.39 is 0 Å². The van der Waals surface area contributed by atoms with Crippen LogP contribution in [-0.2, 0) is 4.79 Å². The first-order valence-corrected chi connectivity index (χ1v) is 6.29. The van der Waals surface area contributed by atoms with Crippen molar-refractivity contribution < 1.29 is 4.79 Å². The second kappa shape index (κ2) is 6.21. The fraction of sp³-hybridized carbons (Fsp3) is 0.917. The third-order valence-corrected chi connectivity index (χ3v) is 3.14. The Morgan fingerprint density at radius 2 is 1.88 bits per heavy atom. The van der Waals surface area contributed by atoms with E-state index in [1.807, 2.05) is 20.8 Å². The standard InChI is InChI=1S/C12H25N3O/c1-9(2)11(13)12(16)14-10(3)8-15-6-4-5-7-15/h9-11H,4-8,13H2,1-3H3,(H,14,16)/t10?,11-/m1/s1. The molecule has 16 heavy (non-hydrogen) atoms. The molecule has 1 rings (SSSR count). The van der Waals surface area contributed by atoms with Crippen LogP contribution in [0.5, 0.6) is 0 Å². The average Bonchev–Trinajstić information content (AvgIpc) is 2.68. The number of amides is 1. The maximum absolute atomic E-state index is 11.7. The highest BCUT2D eigenvalue weighted by Gasteiger charge is 2.20. The van der Waals surface area contributed by atoms with E-state index in [0.29, 0.717) is 0 Å². The molecule has 0 aromatic rings. The molecule has 0 aromatic carbocycles. The van der Waals surface area contributed by atoms with Gasteiger partial charge in [0.1, 0.15) is 0 Å². The Labute approximate surface area is 98.6 Å². The Balaban J connectivity index is 2.27. The predicted octanol–water partition coefficient (Wildman–Crippen LogP) is 0.570. The minimum Gasteiger partial charge on any atom is -0.351 e. The van der Waals surface area contributed by atoms with Crippen molar-refractivity contribution in [1.82, 2.24) is 10.2 Å². The summed E-state index contributed by atoms with van der Waals surface area (Å²) in [4.78, 5) is 14.1. The topological polar surface area (TPSA) is 58.4 Å². The van der Waals surface area contributed by atoms with Crippen LogP contribution in [0.2, 0.25) is 0 Å².